The lowest BCUT2D eigenvalue weighted by Crippen LogP contribution is -2.28. The first-order chi connectivity index (χ1) is 7.15. The average Bonchev–Trinajstić information content (AvgIpc) is 2.21. The van der Waals surface area contributed by atoms with Gasteiger partial charge in [0, 0.05) is 18.1 Å². The van der Waals surface area contributed by atoms with Gasteiger partial charge in [-0.25, -0.2) is 4.79 Å². The fraction of sp³-hybridized carbons (Fsp3) is 0.455. The van der Waals surface area contributed by atoms with Crippen LogP contribution in [0.25, 0.3) is 0 Å². The molecule has 0 bridgehead atoms. The second-order valence-corrected chi connectivity index (χ2v) is 3.31. The van der Waals surface area contributed by atoms with Gasteiger partial charge in [0.2, 0.25) is 0 Å². The van der Waals surface area contributed by atoms with Crippen LogP contribution in [0.1, 0.15) is 19.4 Å². The number of esters is 1. The smallest absolute Gasteiger partial charge is 0.328 e. The Labute approximate surface area is 89.7 Å². The number of carbonyl (C=O) groups is 1. The van der Waals surface area contributed by atoms with Gasteiger partial charge in [0.05, 0.1) is 6.61 Å². The maximum Gasteiger partial charge on any atom is 0.328 e. The van der Waals surface area contributed by atoms with Gasteiger partial charge in [0.15, 0.2) is 0 Å². The topological polar surface area (TPSA) is 51.2 Å². The summed E-state index contributed by atoms with van der Waals surface area (Å²) in [6.07, 6.45) is 3.44. The molecule has 0 aliphatic rings. The summed E-state index contributed by atoms with van der Waals surface area (Å²) in [5.74, 6) is -0.242. The van der Waals surface area contributed by atoms with Crippen LogP contribution in [0.15, 0.2) is 18.5 Å². The van der Waals surface area contributed by atoms with Crippen molar-refractivity contribution in [2.45, 2.75) is 26.8 Å². The monoisotopic (exact) mass is 208 g/mol. The maximum absolute atomic E-state index is 11.4. The predicted molar refractivity (Wildman–Crippen MR) is 58.7 cm³/mol. The minimum absolute atomic E-state index is 0.242. The number of nitrogens with one attached hydrogen (secondary N) is 1. The molecule has 15 heavy (non-hydrogen) atoms. The van der Waals surface area contributed by atoms with Gasteiger partial charge in [-0.15, -0.1) is 0 Å². The molecule has 0 aromatic carbocycles. The Hall–Kier alpha value is -1.58. The molecule has 0 aliphatic carbocycles. The number of hydrogen-bond donors (Lipinski definition) is 1. The lowest BCUT2D eigenvalue weighted by Gasteiger charge is -2.15. The van der Waals surface area contributed by atoms with Gasteiger partial charge < -0.3 is 10.1 Å². The molecule has 0 saturated heterocycles. The first-order valence-corrected chi connectivity index (χ1v) is 4.99. The maximum atomic E-state index is 11.4. The highest BCUT2D eigenvalue weighted by Gasteiger charge is 2.13. The number of aromatic nitrogens is 1. The Morgan fingerprint density at radius 2 is 2.40 bits per heavy atom. The van der Waals surface area contributed by atoms with Crippen molar-refractivity contribution in [1.29, 1.82) is 0 Å². The van der Waals surface area contributed by atoms with Crippen LogP contribution < -0.4 is 5.32 Å². The lowest BCUT2D eigenvalue weighted by atomic mass is 10.2. The van der Waals surface area contributed by atoms with Crippen LogP contribution in [0.3, 0.4) is 0 Å². The van der Waals surface area contributed by atoms with Crippen molar-refractivity contribution in [3.05, 3.63) is 24.0 Å². The standard InChI is InChI=1S/C11H16N2O2/c1-4-15-11(14)9(3)13-10-5-6-12-7-8(10)2/h5-7,9H,4H2,1-3H3,(H,12,13). The molecule has 82 valence electrons. The summed E-state index contributed by atoms with van der Waals surface area (Å²) >= 11 is 0. The molecule has 1 heterocycles. The van der Waals surface area contributed by atoms with Gasteiger partial charge in [-0.3, -0.25) is 4.98 Å². The summed E-state index contributed by atoms with van der Waals surface area (Å²) in [7, 11) is 0. The number of hydrogen-bond acceptors (Lipinski definition) is 4. The van der Waals surface area contributed by atoms with Crippen LogP contribution in [0.4, 0.5) is 5.69 Å². The SMILES string of the molecule is CCOC(=O)C(C)Nc1ccncc1C. The molecule has 4 heteroatoms. The zero-order valence-electron chi connectivity index (χ0n) is 9.28. The van der Waals surface area contributed by atoms with Crippen molar-refractivity contribution in [3.63, 3.8) is 0 Å². The molecule has 4 nitrogen and oxygen atoms in total. The summed E-state index contributed by atoms with van der Waals surface area (Å²) in [6, 6.07) is 1.50. The molecule has 0 radical (unpaired) electrons. The van der Waals surface area contributed by atoms with E-state index in [0.29, 0.717) is 6.61 Å². The summed E-state index contributed by atoms with van der Waals surface area (Å²) in [4.78, 5) is 15.3. The number of pyridine rings is 1. The van der Waals surface area contributed by atoms with E-state index in [1.807, 2.05) is 13.0 Å². The van der Waals surface area contributed by atoms with Crippen molar-refractivity contribution in [1.82, 2.24) is 4.98 Å². The van der Waals surface area contributed by atoms with E-state index in [1.54, 1.807) is 26.2 Å². The van der Waals surface area contributed by atoms with Crippen molar-refractivity contribution >= 4 is 11.7 Å². The molecule has 1 aromatic rings. The van der Waals surface area contributed by atoms with Crippen LogP contribution in [0.5, 0.6) is 0 Å². The highest BCUT2D eigenvalue weighted by atomic mass is 16.5. The second kappa shape index (κ2) is 5.34. The van der Waals surface area contributed by atoms with Crippen LogP contribution >= 0.6 is 0 Å². The molecule has 0 fully saturated rings. The number of aryl methyl sites for hydroxylation is 1. The van der Waals surface area contributed by atoms with E-state index in [2.05, 4.69) is 10.3 Å². The molecular formula is C11H16N2O2. The van der Waals surface area contributed by atoms with Crippen molar-refractivity contribution in [3.8, 4) is 0 Å². The molecule has 1 rings (SSSR count). The summed E-state index contributed by atoms with van der Waals surface area (Å²) < 4.78 is 4.90. The first kappa shape index (κ1) is 11.5. The molecule has 0 saturated carbocycles. The molecule has 1 aromatic heterocycles. The Morgan fingerprint density at radius 1 is 1.67 bits per heavy atom. The van der Waals surface area contributed by atoms with Gasteiger partial charge in [-0.05, 0) is 32.4 Å². The molecule has 0 aliphatic heterocycles. The van der Waals surface area contributed by atoms with Gasteiger partial charge >= 0.3 is 5.97 Å². The summed E-state index contributed by atoms with van der Waals surface area (Å²) in [5, 5.41) is 3.08. The van der Waals surface area contributed by atoms with E-state index in [9.17, 15) is 4.79 Å². The van der Waals surface area contributed by atoms with Crippen LogP contribution in [0.2, 0.25) is 0 Å². The van der Waals surface area contributed by atoms with E-state index in [4.69, 9.17) is 4.74 Å². The largest absolute Gasteiger partial charge is 0.464 e. The summed E-state index contributed by atoms with van der Waals surface area (Å²) in [5.41, 5.74) is 1.92. The highest BCUT2D eigenvalue weighted by molar-refractivity contribution is 5.79. The quantitative estimate of drug-likeness (QED) is 0.766. The number of rotatable bonds is 4. The third kappa shape index (κ3) is 3.23. The molecule has 0 amide bonds. The minimum atomic E-state index is -0.342. The normalized spacial score (nSPS) is 11.9. The predicted octanol–water partition coefficient (Wildman–Crippen LogP) is 1.75. The number of ether oxygens (including phenoxy) is 1. The van der Waals surface area contributed by atoms with E-state index in [1.165, 1.54) is 0 Å². The Balaban J connectivity index is 2.62. The van der Waals surface area contributed by atoms with Gasteiger partial charge in [0.25, 0.3) is 0 Å². The number of carbonyl (C=O) groups excluding carboxylic acids is 1. The molecule has 0 spiro atoms. The van der Waals surface area contributed by atoms with Crippen molar-refractivity contribution < 1.29 is 9.53 Å². The van der Waals surface area contributed by atoms with E-state index < -0.39 is 0 Å². The Kier molecular flexibility index (Phi) is 4.09. The zero-order valence-corrected chi connectivity index (χ0v) is 9.28. The Bertz CT molecular complexity index is 339. The zero-order chi connectivity index (χ0) is 11.3. The Morgan fingerprint density at radius 3 is 3.00 bits per heavy atom. The van der Waals surface area contributed by atoms with Crippen LogP contribution in [0, 0.1) is 6.92 Å². The van der Waals surface area contributed by atoms with Gasteiger partial charge in [-0.1, -0.05) is 0 Å². The molecule has 1 unspecified atom stereocenters. The van der Waals surface area contributed by atoms with E-state index >= 15 is 0 Å². The molecular weight excluding hydrogens is 192 g/mol. The second-order valence-electron chi connectivity index (χ2n) is 3.31. The first-order valence-electron chi connectivity index (χ1n) is 4.99. The van der Waals surface area contributed by atoms with E-state index in [0.717, 1.165) is 11.3 Å². The highest BCUT2D eigenvalue weighted by Crippen LogP contribution is 2.13. The fourth-order valence-electron chi connectivity index (χ4n) is 1.19. The van der Waals surface area contributed by atoms with Crippen LogP contribution in [-0.4, -0.2) is 23.6 Å². The van der Waals surface area contributed by atoms with Crippen LogP contribution in [-0.2, 0) is 9.53 Å². The van der Waals surface area contributed by atoms with Crippen molar-refractivity contribution in [2.75, 3.05) is 11.9 Å². The van der Waals surface area contributed by atoms with Gasteiger partial charge in [-0.2, -0.15) is 0 Å². The minimum Gasteiger partial charge on any atom is -0.464 e. The van der Waals surface area contributed by atoms with E-state index in [-0.39, 0.29) is 12.0 Å². The number of anilines is 1. The third-order valence-electron chi connectivity index (χ3n) is 2.03. The average molecular weight is 208 g/mol. The lowest BCUT2D eigenvalue weighted by molar-refractivity contribution is -0.143. The third-order valence-corrected chi connectivity index (χ3v) is 2.03. The number of nitrogens with zero attached hydrogens (tertiary/aromatic N) is 1. The summed E-state index contributed by atoms with van der Waals surface area (Å²) in [6.45, 7) is 5.91. The van der Waals surface area contributed by atoms with Gasteiger partial charge in [0.1, 0.15) is 6.04 Å². The fourth-order valence-corrected chi connectivity index (χ4v) is 1.19. The molecule has 1 N–H and O–H groups in total. The molecule has 1 atom stereocenters. The van der Waals surface area contributed by atoms with Crippen molar-refractivity contribution in [2.24, 2.45) is 0 Å².